The first-order valence-corrected chi connectivity index (χ1v) is 13.6. The van der Waals surface area contributed by atoms with Crippen molar-refractivity contribution in [2.24, 2.45) is 0 Å². The zero-order valence-corrected chi connectivity index (χ0v) is 21.9. The van der Waals surface area contributed by atoms with Gasteiger partial charge in [-0.05, 0) is 53.7 Å². The van der Waals surface area contributed by atoms with E-state index in [9.17, 15) is 9.90 Å². The van der Waals surface area contributed by atoms with Crippen molar-refractivity contribution in [1.29, 1.82) is 0 Å². The number of hydrogen-bond acceptors (Lipinski definition) is 6. The van der Waals surface area contributed by atoms with Crippen LogP contribution >= 0.6 is 0 Å². The van der Waals surface area contributed by atoms with Gasteiger partial charge in [0, 0.05) is 68.5 Å². The van der Waals surface area contributed by atoms with Gasteiger partial charge in [-0.3, -0.25) is 19.8 Å². The van der Waals surface area contributed by atoms with Gasteiger partial charge in [-0.15, -0.1) is 0 Å². The Morgan fingerprint density at radius 3 is 2.79 bits per heavy atom. The molecule has 1 fully saturated rings. The number of carbonyl (C=O) groups is 1. The normalized spacial score (nSPS) is 18.0. The van der Waals surface area contributed by atoms with E-state index in [1.807, 2.05) is 6.07 Å². The standard InChI is InChI=1S/C30H38N4O4/c35-18-15-33(29-9-7-24-21-23(5-8-27(24)29)6-10-30(36)31-37)12-11-25-22-34(28-4-2-1-3-26(25)28)14-13-32-16-19-38-20-17-32/h1-6,8,10,21-22,29,35,37H,7,9,11-20H2,(H,31,36). The third kappa shape index (κ3) is 6.17. The van der Waals surface area contributed by atoms with Gasteiger partial charge >= 0.3 is 0 Å². The molecule has 5 rings (SSSR count). The maximum atomic E-state index is 11.3. The molecule has 8 heteroatoms. The highest BCUT2D eigenvalue weighted by molar-refractivity contribution is 5.90. The first-order valence-electron chi connectivity index (χ1n) is 13.6. The topological polar surface area (TPSA) is 90.2 Å². The van der Waals surface area contributed by atoms with Crippen LogP contribution in [0.4, 0.5) is 0 Å². The molecule has 0 saturated carbocycles. The summed E-state index contributed by atoms with van der Waals surface area (Å²) in [6, 6.07) is 15.2. The fourth-order valence-corrected chi connectivity index (χ4v) is 5.90. The molecule has 2 aliphatic rings. The SMILES string of the molecule is O=C(C=Cc1ccc2c(c1)CCC2N(CCO)CCc1cn(CCN2CCOCC2)c2ccccc12)NO. The predicted molar refractivity (Wildman–Crippen MR) is 148 cm³/mol. The van der Waals surface area contributed by atoms with Crippen LogP contribution in [0.1, 0.15) is 34.7 Å². The number of nitrogens with zero attached hydrogens (tertiary/aromatic N) is 3. The van der Waals surface area contributed by atoms with Crippen molar-refractivity contribution in [3.05, 3.63) is 77.0 Å². The molecule has 2 heterocycles. The van der Waals surface area contributed by atoms with E-state index in [-0.39, 0.29) is 12.6 Å². The molecule has 1 saturated heterocycles. The number of benzene rings is 2. The number of morpholine rings is 1. The van der Waals surface area contributed by atoms with Gasteiger partial charge in [0.15, 0.2) is 0 Å². The Hall–Kier alpha value is -3.01. The smallest absolute Gasteiger partial charge is 0.267 e. The van der Waals surface area contributed by atoms with Gasteiger partial charge in [-0.1, -0.05) is 36.4 Å². The minimum atomic E-state index is -0.542. The lowest BCUT2D eigenvalue weighted by molar-refractivity contribution is -0.124. The number of aliphatic hydroxyl groups is 1. The summed E-state index contributed by atoms with van der Waals surface area (Å²) in [5, 5.41) is 19.9. The number of hydrogen-bond donors (Lipinski definition) is 3. The molecule has 38 heavy (non-hydrogen) atoms. The highest BCUT2D eigenvalue weighted by Crippen LogP contribution is 2.36. The average molecular weight is 519 g/mol. The van der Waals surface area contributed by atoms with E-state index in [4.69, 9.17) is 9.94 Å². The van der Waals surface area contributed by atoms with Crippen molar-refractivity contribution in [3.8, 4) is 0 Å². The number of aryl methyl sites for hydroxylation is 1. The monoisotopic (exact) mass is 518 g/mol. The van der Waals surface area contributed by atoms with E-state index in [1.54, 1.807) is 11.6 Å². The number of fused-ring (bicyclic) bond motifs is 2. The molecule has 3 aromatic rings. The fourth-order valence-electron chi connectivity index (χ4n) is 5.90. The summed E-state index contributed by atoms with van der Waals surface area (Å²) in [4.78, 5) is 16.2. The third-order valence-electron chi connectivity index (χ3n) is 7.88. The number of carbonyl (C=O) groups excluding carboxylic acids is 1. The van der Waals surface area contributed by atoms with Crippen LogP contribution in [-0.2, 0) is 28.9 Å². The van der Waals surface area contributed by atoms with E-state index in [2.05, 4.69) is 57.0 Å². The zero-order valence-electron chi connectivity index (χ0n) is 21.9. The lowest BCUT2D eigenvalue weighted by Crippen LogP contribution is -2.38. The number of amides is 1. The van der Waals surface area contributed by atoms with Gasteiger partial charge in [-0.25, -0.2) is 5.48 Å². The van der Waals surface area contributed by atoms with Crippen LogP contribution in [0.15, 0.2) is 54.7 Å². The van der Waals surface area contributed by atoms with E-state index in [0.717, 1.165) is 70.8 Å². The van der Waals surface area contributed by atoms with Crippen molar-refractivity contribution in [1.82, 2.24) is 19.8 Å². The molecular formula is C30H38N4O4. The fraction of sp³-hybridized carbons (Fsp3) is 0.433. The number of aromatic nitrogens is 1. The maximum absolute atomic E-state index is 11.3. The van der Waals surface area contributed by atoms with Gasteiger partial charge in [0.25, 0.3) is 5.91 Å². The number of nitrogens with one attached hydrogen (secondary N) is 1. The molecule has 1 atom stereocenters. The minimum absolute atomic E-state index is 0.129. The van der Waals surface area contributed by atoms with Crippen molar-refractivity contribution in [3.63, 3.8) is 0 Å². The molecule has 3 N–H and O–H groups in total. The summed E-state index contributed by atoms with van der Waals surface area (Å²) in [6.07, 6.45) is 8.26. The summed E-state index contributed by atoms with van der Waals surface area (Å²) in [5.74, 6) is -0.542. The summed E-state index contributed by atoms with van der Waals surface area (Å²) >= 11 is 0. The number of aliphatic hydroxyl groups excluding tert-OH is 1. The highest BCUT2D eigenvalue weighted by atomic mass is 16.5. The van der Waals surface area contributed by atoms with E-state index < -0.39 is 5.91 Å². The van der Waals surface area contributed by atoms with Crippen LogP contribution < -0.4 is 5.48 Å². The molecule has 1 aliphatic heterocycles. The summed E-state index contributed by atoms with van der Waals surface area (Å²) in [7, 11) is 0. The maximum Gasteiger partial charge on any atom is 0.267 e. The second-order valence-corrected chi connectivity index (χ2v) is 10.2. The highest BCUT2D eigenvalue weighted by Gasteiger charge is 2.28. The Kier molecular flexibility index (Phi) is 8.88. The molecule has 202 valence electrons. The summed E-state index contributed by atoms with van der Waals surface area (Å²) in [6.45, 7) is 7.28. The van der Waals surface area contributed by atoms with Crippen molar-refractivity contribution < 1.29 is 19.8 Å². The van der Waals surface area contributed by atoms with Crippen molar-refractivity contribution in [2.45, 2.75) is 31.8 Å². The Balaban J connectivity index is 1.28. The molecule has 0 bridgehead atoms. The molecular weight excluding hydrogens is 480 g/mol. The van der Waals surface area contributed by atoms with E-state index in [1.165, 1.54) is 33.7 Å². The molecule has 1 aliphatic carbocycles. The summed E-state index contributed by atoms with van der Waals surface area (Å²) in [5.41, 5.74) is 7.78. The van der Waals surface area contributed by atoms with Gasteiger partial charge in [0.1, 0.15) is 0 Å². The Labute approximate surface area is 224 Å². The number of rotatable bonds is 11. The first-order chi connectivity index (χ1) is 18.7. The van der Waals surface area contributed by atoms with Crippen molar-refractivity contribution in [2.75, 3.05) is 52.5 Å². The van der Waals surface area contributed by atoms with Gasteiger partial charge < -0.3 is 14.4 Å². The van der Waals surface area contributed by atoms with Gasteiger partial charge in [-0.2, -0.15) is 0 Å². The molecule has 1 aromatic heterocycles. The van der Waals surface area contributed by atoms with Gasteiger partial charge in [0.05, 0.1) is 19.8 Å². The molecule has 0 radical (unpaired) electrons. The largest absolute Gasteiger partial charge is 0.395 e. The van der Waals surface area contributed by atoms with Crippen LogP contribution in [0.3, 0.4) is 0 Å². The lowest BCUT2D eigenvalue weighted by atomic mass is 10.0. The average Bonchev–Trinajstić information content (AvgIpc) is 3.54. The molecule has 1 unspecified atom stereocenters. The van der Waals surface area contributed by atoms with Crippen molar-refractivity contribution >= 4 is 22.9 Å². The number of hydroxylamine groups is 1. The second-order valence-electron chi connectivity index (χ2n) is 10.2. The van der Waals surface area contributed by atoms with E-state index >= 15 is 0 Å². The van der Waals surface area contributed by atoms with Crippen LogP contribution in [0.25, 0.3) is 17.0 Å². The van der Waals surface area contributed by atoms with Crippen LogP contribution in [-0.4, -0.2) is 83.1 Å². The van der Waals surface area contributed by atoms with Crippen LogP contribution in [0.5, 0.6) is 0 Å². The van der Waals surface area contributed by atoms with Crippen LogP contribution in [0.2, 0.25) is 0 Å². The predicted octanol–water partition coefficient (Wildman–Crippen LogP) is 3.02. The molecule has 8 nitrogen and oxygen atoms in total. The molecule has 0 spiro atoms. The number of para-hydroxylation sites is 1. The Bertz CT molecular complexity index is 1260. The Morgan fingerprint density at radius 1 is 1.13 bits per heavy atom. The van der Waals surface area contributed by atoms with E-state index in [0.29, 0.717) is 6.54 Å². The molecule has 1 amide bonds. The number of ether oxygens (including phenoxy) is 1. The van der Waals surface area contributed by atoms with Crippen LogP contribution in [0, 0.1) is 0 Å². The second kappa shape index (κ2) is 12.7. The third-order valence-corrected chi connectivity index (χ3v) is 7.88. The minimum Gasteiger partial charge on any atom is -0.395 e. The lowest BCUT2D eigenvalue weighted by Gasteiger charge is -2.29. The van der Waals surface area contributed by atoms with Gasteiger partial charge in [0.2, 0.25) is 0 Å². The molecule has 2 aromatic carbocycles. The zero-order chi connectivity index (χ0) is 26.3. The first kappa shape index (κ1) is 26.6. The summed E-state index contributed by atoms with van der Waals surface area (Å²) < 4.78 is 7.89. The Morgan fingerprint density at radius 2 is 1.97 bits per heavy atom. The quantitative estimate of drug-likeness (QED) is 0.205.